The molecule has 0 saturated carbocycles. The van der Waals surface area contributed by atoms with Crippen LogP contribution in [0.5, 0.6) is 0 Å². The number of nitrogens with zero attached hydrogens (tertiary/aromatic N) is 1. The van der Waals surface area contributed by atoms with Gasteiger partial charge in [-0.15, -0.1) is 0 Å². The van der Waals surface area contributed by atoms with Gasteiger partial charge in [0.2, 0.25) is 0 Å². The monoisotopic (exact) mass is 422 g/mol. The van der Waals surface area contributed by atoms with Crippen LogP contribution in [0.15, 0.2) is 66.7 Å². The molecule has 0 amide bonds. The highest BCUT2D eigenvalue weighted by atomic mass is 16.6. The summed E-state index contributed by atoms with van der Waals surface area (Å²) in [4.78, 5) is 10.3. The van der Waals surface area contributed by atoms with Crippen molar-refractivity contribution in [1.29, 1.82) is 0 Å². The zero-order valence-corrected chi connectivity index (χ0v) is 18.2. The molecular weight excluding hydrogens is 392 g/mol. The number of nitrogens with one attached hydrogen (secondary N) is 1. The summed E-state index contributed by atoms with van der Waals surface area (Å²) in [5.74, 6) is 0. The van der Waals surface area contributed by atoms with E-state index in [1.165, 1.54) is 28.5 Å². The lowest BCUT2D eigenvalue weighted by molar-refractivity contribution is -0.384. The number of non-ortho nitro benzene ring substituents is 1. The minimum atomic E-state index is -0.656. The summed E-state index contributed by atoms with van der Waals surface area (Å²) < 4.78 is 5.76. The lowest BCUT2D eigenvalue weighted by atomic mass is 9.93. The molecule has 0 fully saturated rings. The third-order valence-corrected chi connectivity index (χ3v) is 5.39. The van der Waals surface area contributed by atoms with Crippen molar-refractivity contribution in [1.82, 2.24) is 5.32 Å². The third kappa shape index (κ3) is 6.59. The van der Waals surface area contributed by atoms with Gasteiger partial charge in [-0.05, 0) is 61.2 Å². The first-order valence-corrected chi connectivity index (χ1v) is 10.5. The summed E-state index contributed by atoms with van der Waals surface area (Å²) in [6.45, 7) is 6.69. The van der Waals surface area contributed by atoms with Crippen LogP contribution in [0, 0.1) is 10.1 Å². The first-order valence-electron chi connectivity index (χ1n) is 10.5. The second-order valence-corrected chi connectivity index (χ2v) is 8.60. The van der Waals surface area contributed by atoms with Gasteiger partial charge in [-0.1, -0.05) is 42.5 Å². The summed E-state index contributed by atoms with van der Waals surface area (Å²) in [5, 5.41) is 27.0. The van der Waals surface area contributed by atoms with Crippen molar-refractivity contribution >= 4 is 16.5 Å². The number of nitro groups is 1. The Balaban J connectivity index is 1.47. The summed E-state index contributed by atoms with van der Waals surface area (Å²) >= 11 is 0. The molecule has 0 radical (unpaired) electrons. The maximum atomic E-state index is 10.8. The van der Waals surface area contributed by atoms with Crippen LogP contribution in [0.4, 0.5) is 5.69 Å². The van der Waals surface area contributed by atoms with Crippen LogP contribution in [0.1, 0.15) is 38.0 Å². The van der Waals surface area contributed by atoms with Crippen molar-refractivity contribution in [2.45, 2.75) is 44.9 Å². The number of aliphatic hydroxyl groups is 1. The molecule has 0 bridgehead atoms. The number of ether oxygens (including phenoxy) is 1. The van der Waals surface area contributed by atoms with E-state index in [0.717, 1.165) is 12.0 Å². The molecule has 31 heavy (non-hydrogen) atoms. The van der Waals surface area contributed by atoms with Crippen LogP contribution < -0.4 is 5.32 Å². The van der Waals surface area contributed by atoms with Gasteiger partial charge in [0.25, 0.3) is 5.69 Å². The normalized spacial score (nSPS) is 13.8. The zero-order valence-electron chi connectivity index (χ0n) is 18.2. The van der Waals surface area contributed by atoms with Crippen LogP contribution >= 0.6 is 0 Å². The fourth-order valence-corrected chi connectivity index (χ4v) is 3.59. The predicted octanol–water partition coefficient (Wildman–Crippen LogP) is 4.80. The standard InChI is InChI=1S/C25H30N2O4/c1-18(20-10-12-23(13-11-20)27(29)30)31-17-24(28)16-26-25(2,3)15-19-8-9-21-6-4-5-7-22(21)14-19/h4-14,18,24,26,28H,15-17H2,1-3H3/t18?,24-/m1/s1. The van der Waals surface area contributed by atoms with Crippen molar-refractivity contribution in [3.63, 3.8) is 0 Å². The van der Waals surface area contributed by atoms with Gasteiger partial charge in [-0.25, -0.2) is 0 Å². The lowest BCUT2D eigenvalue weighted by Crippen LogP contribution is -2.46. The Morgan fingerprint density at radius 2 is 1.74 bits per heavy atom. The van der Waals surface area contributed by atoms with Crippen LogP contribution in [-0.4, -0.2) is 34.8 Å². The Bertz CT molecular complexity index is 1020. The number of fused-ring (bicyclic) bond motifs is 1. The molecule has 3 rings (SSSR count). The van der Waals surface area contributed by atoms with Crippen LogP contribution in [0.2, 0.25) is 0 Å². The van der Waals surface area contributed by atoms with E-state index >= 15 is 0 Å². The molecule has 0 saturated heterocycles. The molecule has 164 valence electrons. The topological polar surface area (TPSA) is 84.6 Å². The smallest absolute Gasteiger partial charge is 0.269 e. The number of nitro benzene ring substituents is 1. The lowest BCUT2D eigenvalue weighted by Gasteiger charge is -2.28. The molecule has 0 aliphatic carbocycles. The van der Waals surface area contributed by atoms with E-state index in [1.807, 2.05) is 19.1 Å². The highest BCUT2D eigenvalue weighted by Gasteiger charge is 2.20. The number of β-amino-alcohol motifs (C(OH)–C–C–N with tert-alkyl or cyclic N) is 1. The fraction of sp³-hybridized carbons (Fsp3) is 0.360. The number of benzene rings is 3. The molecule has 3 aromatic rings. The van der Waals surface area contributed by atoms with Gasteiger partial charge in [0, 0.05) is 24.2 Å². The molecule has 0 aliphatic rings. The van der Waals surface area contributed by atoms with Gasteiger partial charge in [-0.2, -0.15) is 0 Å². The SMILES string of the molecule is CC(OC[C@H](O)CNC(C)(C)Cc1ccc2ccccc2c1)c1ccc([N+](=O)[O-])cc1. The summed E-state index contributed by atoms with van der Waals surface area (Å²) in [6, 6.07) is 21.1. The molecule has 1 unspecified atom stereocenters. The Hall–Kier alpha value is -2.80. The average molecular weight is 423 g/mol. The largest absolute Gasteiger partial charge is 0.389 e. The molecule has 2 N–H and O–H groups in total. The Kier molecular flexibility index (Phi) is 7.38. The molecule has 6 nitrogen and oxygen atoms in total. The molecule has 0 heterocycles. The minimum absolute atomic E-state index is 0.0498. The van der Waals surface area contributed by atoms with Crippen LogP contribution in [0.25, 0.3) is 10.8 Å². The average Bonchev–Trinajstić information content (AvgIpc) is 2.75. The summed E-state index contributed by atoms with van der Waals surface area (Å²) in [6.07, 6.45) is -0.0811. The number of aliphatic hydroxyl groups excluding tert-OH is 1. The van der Waals surface area contributed by atoms with Gasteiger partial charge < -0.3 is 15.2 Å². The molecular formula is C25H30N2O4. The van der Waals surface area contributed by atoms with Gasteiger partial charge in [0.05, 0.1) is 23.7 Å². The van der Waals surface area contributed by atoms with Crippen molar-refractivity contribution in [2.24, 2.45) is 0 Å². The maximum absolute atomic E-state index is 10.8. The Morgan fingerprint density at radius 3 is 2.42 bits per heavy atom. The van der Waals surface area contributed by atoms with Crippen molar-refractivity contribution < 1.29 is 14.8 Å². The van der Waals surface area contributed by atoms with Crippen LogP contribution in [0.3, 0.4) is 0 Å². The van der Waals surface area contributed by atoms with E-state index in [9.17, 15) is 15.2 Å². The van der Waals surface area contributed by atoms with Gasteiger partial charge in [0.1, 0.15) is 0 Å². The molecule has 3 aromatic carbocycles. The summed E-state index contributed by atoms with van der Waals surface area (Å²) in [5.41, 5.74) is 1.94. The molecule has 0 aliphatic heterocycles. The minimum Gasteiger partial charge on any atom is -0.389 e. The first kappa shape index (κ1) is 22.9. The van der Waals surface area contributed by atoms with E-state index in [4.69, 9.17) is 4.74 Å². The predicted molar refractivity (Wildman–Crippen MR) is 123 cm³/mol. The highest BCUT2D eigenvalue weighted by molar-refractivity contribution is 5.83. The van der Waals surface area contributed by atoms with Gasteiger partial charge >= 0.3 is 0 Å². The van der Waals surface area contributed by atoms with Crippen molar-refractivity contribution in [3.05, 3.63) is 88.0 Å². The second-order valence-electron chi connectivity index (χ2n) is 8.60. The zero-order chi connectivity index (χ0) is 22.4. The first-order chi connectivity index (χ1) is 14.7. The fourth-order valence-electron chi connectivity index (χ4n) is 3.59. The van der Waals surface area contributed by atoms with Gasteiger partial charge in [0.15, 0.2) is 0 Å². The van der Waals surface area contributed by atoms with E-state index in [-0.39, 0.29) is 23.9 Å². The third-order valence-electron chi connectivity index (χ3n) is 5.39. The van der Waals surface area contributed by atoms with E-state index in [1.54, 1.807) is 12.1 Å². The molecule has 2 atom stereocenters. The highest BCUT2D eigenvalue weighted by Crippen LogP contribution is 2.21. The maximum Gasteiger partial charge on any atom is 0.269 e. The molecule has 0 aromatic heterocycles. The second kappa shape index (κ2) is 10.0. The Morgan fingerprint density at radius 1 is 1.06 bits per heavy atom. The Labute approximate surface area is 183 Å². The number of rotatable bonds is 10. The van der Waals surface area contributed by atoms with E-state index < -0.39 is 11.0 Å². The van der Waals surface area contributed by atoms with Crippen molar-refractivity contribution in [2.75, 3.05) is 13.2 Å². The van der Waals surface area contributed by atoms with Gasteiger partial charge in [-0.3, -0.25) is 10.1 Å². The molecule has 0 spiro atoms. The quantitative estimate of drug-likeness (QED) is 0.362. The van der Waals surface area contributed by atoms with E-state index in [2.05, 4.69) is 49.5 Å². The number of hydrogen-bond donors (Lipinski definition) is 2. The summed E-state index contributed by atoms with van der Waals surface area (Å²) in [7, 11) is 0. The number of hydrogen-bond acceptors (Lipinski definition) is 5. The van der Waals surface area contributed by atoms with Crippen molar-refractivity contribution in [3.8, 4) is 0 Å². The van der Waals surface area contributed by atoms with E-state index in [0.29, 0.717) is 6.54 Å². The molecule has 6 heteroatoms. The van der Waals surface area contributed by atoms with Crippen LogP contribution in [-0.2, 0) is 11.2 Å².